The van der Waals surface area contributed by atoms with Crippen molar-refractivity contribution in [2.24, 2.45) is 0 Å². The van der Waals surface area contributed by atoms with Crippen molar-refractivity contribution < 1.29 is 0 Å². The lowest BCUT2D eigenvalue weighted by molar-refractivity contribution is 0.774. The highest BCUT2D eigenvalue weighted by molar-refractivity contribution is 6.28. The van der Waals surface area contributed by atoms with E-state index in [4.69, 9.17) is 11.6 Å². The van der Waals surface area contributed by atoms with E-state index < -0.39 is 0 Å². The van der Waals surface area contributed by atoms with Crippen LogP contribution < -0.4 is 0 Å². The maximum absolute atomic E-state index is 6.09. The maximum atomic E-state index is 6.09. The fourth-order valence-electron chi connectivity index (χ4n) is 1.80. The second-order valence-electron chi connectivity index (χ2n) is 3.95. The monoisotopic (exact) mass is 271 g/mol. The van der Waals surface area contributed by atoms with E-state index in [0.717, 1.165) is 17.1 Å². The number of hydrogen-bond donors (Lipinski definition) is 0. The Morgan fingerprint density at radius 1 is 1.05 bits per heavy atom. The van der Waals surface area contributed by atoms with Gasteiger partial charge in [-0.3, -0.25) is 4.57 Å². The predicted octanol–water partition coefficient (Wildman–Crippen LogP) is 2.44. The summed E-state index contributed by atoms with van der Waals surface area (Å²) in [5.74, 6) is 0.726. The summed E-state index contributed by atoms with van der Waals surface area (Å²) in [5, 5.41) is 8.39. The third-order valence-electron chi connectivity index (χ3n) is 2.70. The summed E-state index contributed by atoms with van der Waals surface area (Å²) in [5.41, 5.74) is 1.82. The average molecular weight is 272 g/mol. The highest BCUT2D eigenvalue weighted by Crippen LogP contribution is 2.21. The predicted molar refractivity (Wildman–Crippen MR) is 71.6 cm³/mol. The van der Waals surface area contributed by atoms with E-state index in [0.29, 0.717) is 11.8 Å². The highest BCUT2D eigenvalue weighted by Gasteiger charge is 2.12. The van der Waals surface area contributed by atoms with Crippen molar-refractivity contribution in [3.63, 3.8) is 0 Å². The number of hydrogen-bond acceptors (Lipinski definition) is 4. The summed E-state index contributed by atoms with van der Waals surface area (Å²) in [7, 11) is 0. The Bertz CT molecular complexity index is 666. The second kappa shape index (κ2) is 5.16. The molecule has 0 aliphatic heterocycles. The van der Waals surface area contributed by atoms with Crippen molar-refractivity contribution >= 4 is 11.6 Å². The minimum absolute atomic E-state index is 0.345. The van der Waals surface area contributed by atoms with Gasteiger partial charge in [0, 0.05) is 11.8 Å². The molecular formula is C13H10ClN5. The zero-order chi connectivity index (χ0) is 13.1. The average Bonchev–Trinajstić information content (AvgIpc) is 2.82. The molecule has 0 amide bonds. The van der Waals surface area contributed by atoms with Crippen LogP contribution in [0, 0.1) is 0 Å². The van der Waals surface area contributed by atoms with E-state index in [1.165, 1.54) is 6.33 Å². The van der Waals surface area contributed by atoms with E-state index in [9.17, 15) is 0 Å². The van der Waals surface area contributed by atoms with Gasteiger partial charge in [-0.2, -0.15) is 0 Å². The van der Waals surface area contributed by atoms with Crippen molar-refractivity contribution in [2.75, 3.05) is 0 Å². The Morgan fingerprint density at radius 2 is 1.89 bits per heavy atom. The van der Waals surface area contributed by atoms with Crippen molar-refractivity contribution in [3.8, 4) is 11.4 Å². The summed E-state index contributed by atoms with van der Waals surface area (Å²) >= 11 is 6.09. The van der Waals surface area contributed by atoms with Crippen LogP contribution in [0.5, 0.6) is 0 Å². The topological polar surface area (TPSA) is 56.5 Å². The lowest BCUT2D eigenvalue weighted by Crippen LogP contribution is -2.04. The van der Waals surface area contributed by atoms with Crippen LogP contribution in [0.4, 0.5) is 0 Å². The largest absolute Gasteiger partial charge is 0.292 e. The van der Waals surface area contributed by atoms with Gasteiger partial charge in [-0.1, -0.05) is 30.3 Å². The molecule has 0 aliphatic rings. The van der Waals surface area contributed by atoms with Crippen molar-refractivity contribution in [2.45, 2.75) is 6.54 Å². The van der Waals surface area contributed by atoms with Crippen LogP contribution in [0.25, 0.3) is 11.4 Å². The molecule has 0 saturated carbocycles. The molecular weight excluding hydrogens is 262 g/mol. The van der Waals surface area contributed by atoms with Crippen LogP contribution in [0.15, 0.2) is 48.9 Å². The Balaban J connectivity index is 2.00. The van der Waals surface area contributed by atoms with Crippen LogP contribution in [-0.4, -0.2) is 24.7 Å². The molecule has 0 aliphatic carbocycles. The van der Waals surface area contributed by atoms with Gasteiger partial charge in [-0.25, -0.2) is 9.97 Å². The Hall–Kier alpha value is -2.27. The second-order valence-corrected chi connectivity index (χ2v) is 4.28. The smallest absolute Gasteiger partial charge is 0.225 e. The van der Waals surface area contributed by atoms with E-state index in [1.807, 2.05) is 41.0 Å². The first-order chi connectivity index (χ1) is 9.34. The molecule has 0 unspecified atom stereocenters. The summed E-state index contributed by atoms with van der Waals surface area (Å²) in [4.78, 5) is 8.08. The van der Waals surface area contributed by atoms with Crippen molar-refractivity contribution in [1.82, 2.24) is 24.7 Å². The normalized spacial score (nSPS) is 10.6. The molecule has 5 nitrogen and oxygen atoms in total. The van der Waals surface area contributed by atoms with Crippen molar-refractivity contribution in [1.29, 1.82) is 0 Å². The Morgan fingerprint density at radius 3 is 2.63 bits per heavy atom. The zero-order valence-corrected chi connectivity index (χ0v) is 10.7. The fraction of sp³-hybridized carbons (Fsp3) is 0.0769. The number of nitrogens with zero attached hydrogens (tertiary/aromatic N) is 5. The molecule has 1 aromatic carbocycles. The first-order valence-corrected chi connectivity index (χ1v) is 6.11. The lowest BCUT2D eigenvalue weighted by atomic mass is 10.2. The van der Waals surface area contributed by atoms with E-state index in [1.54, 1.807) is 6.20 Å². The third kappa shape index (κ3) is 2.46. The SMILES string of the molecule is Clc1nnc(-c2ccccc2)n1Cc1ccncn1. The molecule has 0 atom stereocenters. The molecule has 0 radical (unpaired) electrons. The van der Waals surface area contributed by atoms with Gasteiger partial charge in [-0.15, -0.1) is 10.2 Å². The van der Waals surface area contributed by atoms with Crippen LogP contribution in [0.2, 0.25) is 5.28 Å². The minimum Gasteiger partial charge on any atom is -0.292 e. The van der Waals surface area contributed by atoms with E-state index in [2.05, 4.69) is 20.2 Å². The fourth-order valence-corrected chi connectivity index (χ4v) is 1.98. The lowest BCUT2D eigenvalue weighted by Gasteiger charge is -2.06. The maximum Gasteiger partial charge on any atom is 0.225 e. The molecule has 6 heteroatoms. The van der Waals surface area contributed by atoms with Gasteiger partial charge in [0.15, 0.2) is 5.82 Å². The third-order valence-corrected chi connectivity index (χ3v) is 2.98. The van der Waals surface area contributed by atoms with Crippen LogP contribution in [0.1, 0.15) is 5.69 Å². The van der Waals surface area contributed by atoms with E-state index in [-0.39, 0.29) is 0 Å². The van der Waals surface area contributed by atoms with Gasteiger partial charge in [0.25, 0.3) is 0 Å². The highest BCUT2D eigenvalue weighted by atomic mass is 35.5. The molecule has 0 N–H and O–H groups in total. The Kier molecular flexibility index (Phi) is 3.20. The Labute approximate surface area is 114 Å². The van der Waals surface area contributed by atoms with Gasteiger partial charge in [0.2, 0.25) is 5.28 Å². The summed E-state index contributed by atoms with van der Waals surface area (Å²) in [6.07, 6.45) is 3.21. The van der Waals surface area contributed by atoms with Gasteiger partial charge < -0.3 is 0 Å². The number of aromatic nitrogens is 5. The first kappa shape index (κ1) is 11.8. The molecule has 0 bridgehead atoms. The molecule has 2 heterocycles. The quantitative estimate of drug-likeness (QED) is 0.734. The molecule has 2 aromatic heterocycles. The van der Waals surface area contributed by atoms with Gasteiger partial charge in [-0.05, 0) is 17.7 Å². The molecule has 0 saturated heterocycles. The minimum atomic E-state index is 0.345. The number of benzene rings is 1. The van der Waals surface area contributed by atoms with Crippen LogP contribution >= 0.6 is 11.6 Å². The number of rotatable bonds is 3. The molecule has 19 heavy (non-hydrogen) atoms. The first-order valence-electron chi connectivity index (χ1n) is 5.73. The molecule has 0 fully saturated rings. The van der Waals surface area contributed by atoms with Gasteiger partial charge in [0.05, 0.1) is 12.2 Å². The summed E-state index contributed by atoms with van der Waals surface area (Å²) < 4.78 is 1.82. The zero-order valence-electron chi connectivity index (χ0n) is 9.94. The summed E-state index contributed by atoms with van der Waals surface area (Å²) in [6, 6.07) is 11.6. The summed E-state index contributed by atoms with van der Waals surface area (Å²) in [6.45, 7) is 0.512. The molecule has 0 spiro atoms. The van der Waals surface area contributed by atoms with Crippen LogP contribution in [0.3, 0.4) is 0 Å². The van der Waals surface area contributed by atoms with Gasteiger partial charge >= 0.3 is 0 Å². The van der Waals surface area contributed by atoms with Crippen LogP contribution in [-0.2, 0) is 6.54 Å². The standard InChI is InChI=1S/C13H10ClN5/c14-13-18-17-12(10-4-2-1-3-5-10)19(13)8-11-6-7-15-9-16-11/h1-7,9H,8H2. The number of halogens is 1. The molecule has 3 rings (SSSR count). The van der Waals surface area contributed by atoms with Crippen molar-refractivity contribution in [3.05, 3.63) is 59.9 Å². The molecule has 3 aromatic rings. The molecule has 94 valence electrons. The van der Waals surface area contributed by atoms with Gasteiger partial charge in [0.1, 0.15) is 6.33 Å². The van der Waals surface area contributed by atoms with E-state index >= 15 is 0 Å².